The van der Waals surface area contributed by atoms with Crippen LogP contribution in [-0.4, -0.2) is 47.4 Å². The Hall–Kier alpha value is -2.18. The van der Waals surface area contributed by atoms with Crippen molar-refractivity contribution in [3.63, 3.8) is 0 Å². The van der Waals surface area contributed by atoms with Crippen LogP contribution in [0.5, 0.6) is 0 Å². The molecule has 0 saturated heterocycles. The second-order valence-electron chi connectivity index (χ2n) is 26.0. The summed E-state index contributed by atoms with van der Waals surface area (Å²) in [6.07, 6.45) is 96.1. The third-order valence-electron chi connectivity index (χ3n) is 17.6. The van der Waals surface area contributed by atoms with Crippen LogP contribution in [0.1, 0.15) is 412 Å². The quantitative estimate of drug-likeness (QED) is 0.0320. The highest BCUT2D eigenvalue weighted by Gasteiger charge is 2.20. The van der Waals surface area contributed by atoms with E-state index in [1.807, 2.05) is 0 Å². The van der Waals surface area contributed by atoms with Crippen molar-refractivity contribution in [1.29, 1.82) is 0 Å². The van der Waals surface area contributed by atoms with Crippen molar-refractivity contribution in [1.82, 2.24) is 5.32 Å². The van der Waals surface area contributed by atoms with Gasteiger partial charge in [-0.1, -0.05) is 358 Å². The van der Waals surface area contributed by atoms with Crippen molar-refractivity contribution in [3.8, 4) is 0 Å². The van der Waals surface area contributed by atoms with Crippen LogP contribution in [0.4, 0.5) is 0 Å². The monoisotopic (exact) mass is 1180 g/mol. The minimum atomic E-state index is -0.664. The SMILES string of the molecule is CCCCC/C=C\C/C=C\CCCCCCCCCC(=O)OCCCCCCCCCCC/C=C\C/C=C\CCCCCCCCCCCCCCCCCCCC(=O)NC(CO)C(O)CCCCCCCCCCCCCCCCCCC. The summed E-state index contributed by atoms with van der Waals surface area (Å²) in [5.74, 6) is -0.0231. The molecule has 84 heavy (non-hydrogen) atoms. The third kappa shape index (κ3) is 68.9. The molecule has 2 atom stereocenters. The molecule has 2 unspecified atom stereocenters. The molecule has 6 heteroatoms. The Morgan fingerprint density at radius 1 is 0.333 bits per heavy atom. The van der Waals surface area contributed by atoms with E-state index in [0.717, 1.165) is 57.8 Å². The van der Waals surface area contributed by atoms with Crippen molar-refractivity contribution in [2.45, 2.75) is 424 Å². The number of hydrogen-bond donors (Lipinski definition) is 3. The lowest BCUT2D eigenvalue weighted by atomic mass is 10.0. The number of carbonyl (C=O) groups excluding carboxylic acids is 2. The molecule has 0 rings (SSSR count). The van der Waals surface area contributed by atoms with Crippen molar-refractivity contribution in [2.24, 2.45) is 0 Å². The fourth-order valence-corrected chi connectivity index (χ4v) is 11.8. The highest BCUT2D eigenvalue weighted by atomic mass is 16.5. The van der Waals surface area contributed by atoms with Gasteiger partial charge in [-0.25, -0.2) is 0 Å². The molecule has 0 heterocycles. The van der Waals surface area contributed by atoms with E-state index < -0.39 is 12.1 Å². The average molecular weight is 1180 g/mol. The van der Waals surface area contributed by atoms with Gasteiger partial charge in [-0.3, -0.25) is 9.59 Å². The lowest BCUT2D eigenvalue weighted by Gasteiger charge is -2.22. The third-order valence-corrected chi connectivity index (χ3v) is 17.6. The molecule has 0 aliphatic rings. The lowest BCUT2D eigenvalue weighted by molar-refractivity contribution is -0.143. The van der Waals surface area contributed by atoms with Gasteiger partial charge in [0.2, 0.25) is 5.91 Å². The number of rotatable bonds is 71. The predicted octanol–water partition coefficient (Wildman–Crippen LogP) is 24.8. The number of esters is 1. The normalized spacial score (nSPS) is 12.8. The van der Waals surface area contributed by atoms with Gasteiger partial charge in [-0.05, 0) is 89.9 Å². The van der Waals surface area contributed by atoms with Crippen LogP contribution < -0.4 is 5.32 Å². The van der Waals surface area contributed by atoms with Gasteiger partial charge in [0, 0.05) is 12.8 Å². The topological polar surface area (TPSA) is 95.9 Å². The molecule has 0 aromatic carbocycles. The lowest BCUT2D eigenvalue weighted by Crippen LogP contribution is -2.45. The smallest absolute Gasteiger partial charge is 0.305 e. The number of hydrogen-bond acceptors (Lipinski definition) is 5. The van der Waals surface area contributed by atoms with Crippen LogP contribution in [0.3, 0.4) is 0 Å². The van der Waals surface area contributed by atoms with E-state index in [0.29, 0.717) is 25.9 Å². The minimum Gasteiger partial charge on any atom is -0.466 e. The van der Waals surface area contributed by atoms with E-state index in [2.05, 4.69) is 67.8 Å². The second-order valence-corrected chi connectivity index (χ2v) is 26.0. The number of amides is 1. The van der Waals surface area contributed by atoms with Crippen LogP contribution in [0.25, 0.3) is 0 Å². The van der Waals surface area contributed by atoms with Gasteiger partial charge < -0.3 is 20.3 Å². The van der Waals surface area contributed by atoms with Crippen LogP contribution in [-0.2, 0) is 14.3 Å². The number of carbonyl (C=O) groups is 2. The maximum atomic E-state index is 12.5. The average Bonchev–Trinajstić information content (AvgIpc) is 3.51. The van der Waals surface area contributed by atoms with E-state index in [4.69, 9.17) is 4.74 Å². The van der Waals surface area contributed by atoms with E-state index >= 15 is 0 Å². The first-order valence-corrected chi connectivity index (χ1v) is 37.9. The fraction of sp³-hybridized carbons (Fsp3) is 0.872. The summed E-state index contributed by atoms with van der Waals surface area (Å²) in [6.45, 7) is 4.96. The zero-order chi connectivity index (χ0) is 60.6. The molecule has 1 amide bonds. The molecule has 3 N–H and O–H groups in total. The summed E-state index contributed by atoms with van der Waals surface area (Å²) in [5.41, 5.74) is 0. The highest BCUT2D eigenvalue weighted by molar-refractivity contribution is 5.76. The van der Waals surface area contributed by atoms with Gasteiger partial charge in [0.1, 0.15) is 0 Å². The number of ether oxygens (including phenoxy) is 1. The number of aliphatic hydroxyl groups is 2. The summed E-state index contributed by atoms with van der Waals surface area (Å²) in [5, 5.41) is 23.4. The highest BCUT2D eigenvalue weighted by Crippen LogP contribution is 2.19. The predicted molar refractivity (Wildman–Crippen MR) is 370 cm³/mol. The van der Waals surface area contributed by atoms with Crippen molar-refractivity contribution in [2.75, 3.05) is 13.2 Å². The first kappa shape index (κ1) is 81.8. The fourth-order valence-electron chi connectivity index (χ4n) is 11.8. The van der Waals surface area contributed by atoms with Gasteiger partial charge in [0.25, 0.3) is 0 Å². The van der Waals surface area contributed by atoms with E-state index in [-0.39, 0.29) is 18.5 Å². The molecule has 0 fully saturated rings. The first-order valence-electron chi connectivity index (χ1n) is 37.9. The van der Waals surface area contributed by atoms with E-state index in [1.165, 1.54) is 321 Å². The second kappa shape index (κ2) is 73.3. The van der Waals surface area contributed by atoms with Gasteiger partial charge in [-0.2, -0.15) is 0 Å². The minimum absolute atomic E-state index is 0.00673. The van der Waals surface area contributed by atoms with E-state index in [1.54, 1.807) is 0 Å². The Labute approximate surface area is 525 Å². The summed E-state index contributed by atoms with van der Waals surface area (Å²) in [7, 11) is 0. The van der Waals surface area contributed by atoms with E-state index in [9.17, 15) is 19.8 Å². The zero-order valence-corrected chi connectivity index (χ0v) is 56.6. The Kier molecular flexibility index (Phi) is 71.4. The maximum absolute atomic E-state index is 12.5. The van der Waals surface area contributed by atoms with Crippen LogP contribution in [0.15, 0.2) is 48.6 Å². The molecule has 0 saturated carbocycles. The van der Waals surface area contributed by atoms with Crippen LogP contribution >= 0.6 is 0 Å². The molecule has 0 aromatic heterocycles. The number of unbranched alkanes of at least 4 members (excludes halogenated alkanes) is 52. The Bertz CT molecular complexity index is 1400. The van der Waals surface area contributed by atoms with Gasteiger partial charge in [-0.15, -0.1) is 0 Å². The molecule has 0 aliphatic carbocycles. The summed E-state index contributed by atoms with van der Waals surface area (Å²) < 4.78 is 5.50. The Morgan fingerprint density at radius 3 is 0.929 bits per heavy atom. The van der Waals surface area contributed by atoms with Crippen molar-refractivity contribution in [3.05, 3.63) is 48.6 Å². The molecule has 0 spiro atoms. The van der Waals surface area contributed by atoms with Crippen molar-refractivity contribution >= 4 is 11.9 Å². The standard InChI is InChI=1S/C78H147NO5/c1-3-5-7-9-11-13-15-17-19-38-42-46-50-54-58-62-66-70-76(81)75(74-80)79-77(82)71-67-63-59-55-51-47-43-40-36-34-32-30-28-26-24-22-21-23-25-27-29-31-33-35-37-41-45-49-53-57-61-65-69-73-84-78(83)72-68-64-60-56-52-48-44-39-20-18-16-14-12-10-8-6-4-2/h12,14,18,20,25,27,31,33,75-76,80-81H,3-11,13,15-17,19,21-24,26,28-30,32,34-74H2,1-2H3,(H,79,82)/b14-12-,20-18-,27-25-,33-31-. The zero-order valence-electron chi connectivity index (χ0n) is 56.6. The summed E-state index contributed by atoms with van der Waals surface area (Å²) in [4.78, 5) is 24.6. The van der Waals surface area contributed by atoms with Crippen molar-refractivity contribution < 1.29 is 24.5 Å². The Morgan fingerprint density at radius 2 is 0.595 bits per heavy atom. The number of allylic oxidation sites excluding steroid dienone is 8. The van der Waals surface area contributed by atoms with Gasteiger partial charge in [0.05, 0.1) is 25.4 Å². The largest absolute Gasteiger partial charge is 0.466 e. The summed E-state index contributed by atoms with van der Waals surface area (Å²) in [6, 6.07) is -0.541. The Balaban J connectivity index is 3.38. The van der Waals surface area contributed by atoms with Crippen LogP contribution in [0.2, 0.25) is 0 Å². The number of nitrogens with one attached hydrogen (secondary N) is 1. The van der Waals surface area contributed by atoms with Crippen LogP contribution in [0, 0.1) is 0 Å². The molecule has 0 aromatic rings. The van der Waals surface area contributed by atoms with Gasteiger partial charge in [0.15, 0.2) is 0 Å². The summed E-state index contributed by atoms with van der Waals surface area (Å²) >= 11 is 0. The first-order chi connectivity index (χ1) is 41.5. The molecular formula is C78H147NO5. The maximum Gasteiger partial charge on any atom is 0.305 e. The molecule has 0 bridgehead atoms. The number of aliphatic hydroxyl groups excluding tert-OH is 2. The molecule has 6 nitrogen and oxygen atoms in total. The molecule has 0 radical (unpaired) electrons. The molecular weight excluding hydrogens is 1030 g/mol. The molecule has 494 valence electrons. The van der Waals surface area contributed by atoms with Gasteiger partial charge >= 0.3 is 5.97 Å². The molecule has 0 aliphatic heterocycles.